The van der Waals surface area contributed by atoms with Crippen molar-refractivity contribution in [3.8, 4) is 0 Å². The minimum Gasteiger partial charge on any atom is -1.00 e. The summed E-state index contributed by atoms with van der Waals surface area (Å²) in [7, 11) is 0. The largest absolute Gasteiger partial charge is 1.00 e. The van der Waals surface area contributed by atoms with E-state index in [1.165, 1.54) is 18.0 Å². The number of carboxylic acid groups (broad SMARTS) is 1. The second-order valence-corrected chi connectivity index (χ2v) is 2.15. The minimum atomic E-state index is -0.924. The van der Waals surface area contributed by atoms with E-state index < -0.39 is 5.97 Å². The Morgan fingerprint density at radius 1 is 1.80 bits per heavy atom. The average Bonchev–Trinajstić information content (AvgIpc) is 1.90. The van der Waals surface area contributed by atoms with Gasteiger partial charge in [-0.15, -0.1) is 0 Å². The zero-order valence-corrected chi connectivity index (χ0v) is 8.31. The van der Waals surface area contributed by atoms with Gasteiger partial charge in [0, 0.05) is 0 Å². The first-order chi connectivity index (χ1) is 4.30. The smallest absolute Gasteiger partial charge is 1.00 e. The van der Waals surface area contributed by atoms with Gasteiger partial charge >= 0.3 is 35.5 Å². The maximum absolute atomic E-state index is 10.2. The van der Waals surface area contributed by atoms with Crippen LogP contribution in [0.1, 0.15) is 1.43 Å². The van der Waals surface area contributed by atoms with E-state index in [-0.39, 0.29) is 36.7 Å². The Hall–Kier alpha value is 0.1000. The first-order valence-corrected chi connectivity index (χ1v) is 3.20. The van der Waals surface area contributed by atoms with Crippen molar-refractivity contribution in [1.29, 1.82) is 0 Å². The van der Waals surface area contributed by atoms with Crippen molar-refractivity contribution in [2.24, 2.45) is 0 Å². The molecule has 0 aromatic carbocycles. The molecule has 0 aliphatic carbocycles. The van der Waals surface area contributed by atoms with Gasteiger partial charge in [-0.05, 0) is 23.4 Å². The van der Waals surface area contributed by atoms with Crippen molar-refractivity contribution in [3.63, 3.8) is 0 Å². The topological polar surface area (TPSA) is 49.3 Å². The van der Waals surface area contributed by atoms with Crippen LogP contribution in [0.3, 0.4) is 0 Å². The second-order valence-electron chi connectivity index (χ2n) is 1.43. The van der Waals surface area contributed by atoms with Crippen LogP contribution in [0.5, 0.6) is 0 Å². The molecular weight excluding hydrogens is 161 g/mol. The maximum Gasteiger partial charge on any atom is 1.00 e. The van der Waals surface area contributed by atoms with Gasteiger partial charge in [0.1, 0.15) is 5.70 Å². The summed E-state index contributed by atoms with van der Waals surface area (Å²) >= 11 is 1.25. The molecule has 0 radical (unpaired) electrons. The van der Waals surface area contributed by atoms with Crippen molar-refractivity contribution >= 4 is 17.9 Å². The average molecular weight is 167 g/mol. The zero-order valence-electron chi connectivity index (χ0n) is 6.50. The SMILES string of the molecule is O=C(O)C1=CC=CSN1.[H-].[Na+]. The summed E-state index contributed by atoms with van der Waals surface area (Å²) in [6.07, 6.45) is 3.20. The van der Waals surface area contributed by atoms with Gasteiger partial charge in [0.25, 0.3) is 0 Å². The monoisotopic (exact) mass is 167 g/mol. The van der Waals surface area contributed by atoms with Gasteiger partial charge in [-0.2, -0.15) is 0 Å². The zero-order chi connectivity index (χ0) is 6.69. The third kappa shape index (κ3) is 2.79. The molecule has 5 heteroatoms. The third-order valence-corrected chi connectivity index (χ3v) is 1.44. The molecule has 0 unspecified atom stereocenters. The summed E-state index contributed by atoms with van der Waals surface area (Å²) < 4.78 is 2.61. The molecule has 0 spiro atoms. The Morgan fingerprint density at radius 2 is 2.50 bits per heavy atom. The summed E-state index contributed by atoms with van der Waals surface area (Å²) in [5, 5.41) is 10.1. The predicted molar refractivity (Wildman–Crippen MR) is 36.7 cm³/mol. The summed E-state index contributed by atoms with van der Waals surface area (Å²) in [6.45, 7) is 0. The van der Waals surface area contributed by atoms with Gasteiger partial charge in [0.05, 0.1) is 0 Å². The van der Waals surface area contributed by atoms with Crippen LogP contribution in [-0.4, -0.2) is 11.1 Å². The number of rotatable bonds is 1. The van der Waals surface area contributed by atoms with Crippen LogP contribution in [0.25, 0.3) is 0 Å². The van der Waals surface area contributed by atoms with Gasteiger partial charge < -0.3 is 11.3 Å². The van der Waals surface area contributed by atoms with E-state index in [1.54, 1.807) is 11.5 Å². The molecule has 1 aliphatic heterocycles. The number of hydrogen-bond acceptors (Lipinski definition) is 3. The third-order valence-electron chi connectivity index (χ3n) is 0.809. The Labute approximate surface area is 86.5 Å². The molecule has 1 aliphatic rings. The molecule has 0 amide bonds. The molecule has 2 N–H and O–H groups in total. The van der Waals surface area contributed by atoms with Crippen molar-refractivity contribution in [2.45, 2.75) is 0 Å². The van der Waals surface area contributed by atoms with Gasteiger partial charge in [0.15, 0.2) is 0 Å². The van der Waals surface area contributed by atoms with Crippen molar-refractivity contribution in [1.82, 2.24) is 4.72 Å². The first-order valence-electron chi connectivity index (χ1n) is 2.32. The van der Waals surface area contributed by atoms with Gasteiger partial charge in [-0.25, -0.2) is 4.79 Å². The van der Waals surface area contributed by atoms with Crippen LogP contribution in [0.2, 0.25) is 0 Å². The molecule has 0 bridgehead atoms. The quantitative estimate of drug-likeness (QED) is 0.345. The number of hydrogen-bond donors (Lipinski definition) is 2. The summed E-state index contributed by atoms with van der Waals surface area (Å²) in [5.74, 6) is -0.924. The van der Waals surface area contributed by atoms with Gasteiger partial charge in [-0.1, -0.05) is 6.08 Å². The standard InChI is InChI=1S/C5H5NO2S.Na.H/c7-5(8)4-2-1-3-9-6-4;;/h1-3,6H,(H,7,8);;/q;+1;-1. The van der Waals surface area contributed by atoms with Crippen LogP contribution in [0.4, 0.5) is 0 Å². The summed E-state index contributed by atoms with van der Waals surface area (Å²) in [6, 6.07) is 0. The maximum atomic E-state index is 10.2. The van der Waals surface area contributed by atoms with E-state index in [9.17, 15) is 4.79 Å². The fraction of sp³-hybridized carbons (Fsp3) is 0. The molecule has 50 valence electrons. The molecule has 0 saturated carbocycles. The second kappa shape index (κ2) is 4.85. The molecule has 0 fully saturated rings. The van der Waals surface area contributed by atoms with Gasteiger partial charge in [0.2, 0.25) is 0 Å². The van der Waals surface area contributed by atoms with Crippen LogP contribution >= 0.6 is 11.9 Å². The fourth-order valence-corrected chi connectivity index (χ4v) is 0.929. The number of carbonyl (C=O) groups is 1. The van der Waals surface area contributed by atoms with Crippen molar-refractivity contribution in [2.75, 3.05) is 0 Å². The number of allylic oxidation sites excluding steroid dienone is 2. The van der Waals surface area contributed by atoms with Crippen LogP contribution in [0, 0.1) is 0 Å². The Balaban J connectivity index is 0. The molecule has 1 heterocycles. The van der Waals surface area contributed by atoms with Crippen LogP contribution in [0.15, 0.2) is 23.3 Å². The molecule has 10 heavy (non-hydrogen) atoms. The molecule has 1 rings (SSSR count). The predicted octanol–water partition coefficient (Wildman–Crippen LogP) is -2.16. The van der Waals surface area contributed by atoms with Crippen molar-refractivity contribution < 1.29 is 40.9 Å². The van der Waals surface area contributed by atoms with E-state index in [2.05, 4.69) is 4.72 Å². The van der Waals surface area contributed by atoms with Crippen LogP contribution < -0.4 is 34.3 Å². The molecule has 0 atom stereocenters. The number of carboxylic acids is 1. The van der Waals surface area contributed by atoms with E-state index in [4.69, 9.17) is 5.11 Å². The number of nitrogens with one attached hydrogen (secondary N) is 1. The first kappa shape index (κ1) is 10.1. The molecule has 0 aromatic rings. The van der Waals surface area contributed by atoms with E-state index in [0.29, 0.717) is 0 Å². The van der Waals surface area contributed by atoms with E-state index >= 15 is 0 Å². The van der Waals surface area contributed by atoms with Crippen LogP contribution in [-0.2, 0) is 4.79 Å². The van der Waals surface area contributed by atoms with Crippen molar-refractivity contribution in [3.05, 3.63) is 23.3 Å². The fourth-order valence-electron chi connectivity index (χ4n) is 0.421. The normalized spacial score (nSPS) is 14.6. The van der Waals surface area contributed by atoms with E-state index in [0.717, 1.165) is 0 Å². The summed E-state index contributed by atoms with van der Waals surface area (Å²) in [5.41, 5.74) is 0.225. The molecule has 0 saturated heterocycles. The number of aliphatic carboxylic acids is 1. The molecule has 0 aromatic heterocycles. The Bertz CT molecular complexity index is 195. The summed E-state index contributed by atoms with van der Waals surface area (Å²) in [4.78, 5) is 10.2. The molecule has 3 nitrogen and oxygen atoms in total. The van der Waals surface area contributed by atoms with Gasteiger partial charge in [-0.3, -0.25) is 0 Å². The Morgan fingerprint density at radius 3 is 2.80 bits per heavy atom. The van der Waals surface area contributed by atoms with E-state index in [1.807, 2.05) is 0 Å². The minimum absolute atomic E-state index is 0. The Kier molecular flexibility index (Phi) is 4.89. The molecular formula is C5H6NNaO2S.